The average molecular weight is 568 g/mol. The van der Waals surface area contributed by atoms with Gasteiger partial charge in [0.2, 0.25) is 6.29 Å². The molecule has 0 aromatic heterocycles. The molecule has 0 N–H and O–H groups in total. The van der Waals surface area contributed by atoms with Crippen LogP contribution in [0.2, 0.25) is 0 Å². The van der Waals surface area contributed by atoms with E-state index in [4.69, 9.17) is 32.5 Å². The lowest BCUT2D eigenvalue weighted by Gasteiger charge is -2.42. The summed E-state index contributed by atoms with van der Waals surface area (Å²) >= 11 is 0. The van der Waals surface area contributed by atoms with E-state index in [0.717, 1.165) is 20.8 Å². The first-order valence-electron chi connectivity index (χ1n) is 12.0. The van der Waals surface area contributed by atoms with Crippen molar-refractivity contribution in [2.45, 2.75) is 64.8 Å². The third-order valence-corrected chi connectivity index (χ3v) is 6.68. The van der Waals surface area contributed by atoms with E-state index in [1.54, 1.807) is 60.7 Å². The van der Waals surface area contributed by atoms with Crippen molar-refractivity contribution in [1.29, 1.82) is 0 Å². The number of carbonyl (C=O) groups excluding carboxylic acids is 3. The highest BCUT2D eigenvalue weighted by molar-refractivity contribution is 7.48. The lowest BCUT2D eigenvalue weighted by molar-refractivity contribution is -0.275. The zero-order valence-electron chi connectivity index (χ0n) is 21.6. The number of phosphoric acid groups is 1. The Labute approximate surface area is 225 Å². The van der Waals surface area contributed by atoms with E-state index < -0.39 is 63.1 Å². The maximum Gasteiger partial charge on any atom is 0.477 e. The Morgan fingerprint density at radius 1 is 0.795 bits per heavy atom. The molecule has 0 bridgehead atoms. The summed E-state index contributed by atoms with van der Waals surface area (Å²) in [5.41, 5.74) is 1.26. The van der Waals surface area contributed by atoms with Crippen molar-refractivity contribution in [3.63, 3.8) is 0 Å². The van der Waals surface area contributed by atoms with Crippen LogP contribution in [0.25, 0.3) is 0 Å². The second kappa shape index (κ2) is 14.3. The molecule has 0 unspecified atom stereocenters. The monoisotopic (exact) mass is 568 g/mol. The second-order valence-corrected chi connectivity index (χ2v) is 10.1. The normalized spacial score (nSPS) is 23.0. The summed E-state index contributed by atoms with van der Waals surface area (Å²) in [5.74, 6) is -2.43. The van der Waals surface area contributed by atoms with E-state index >= 15 is 4.39 Å². The van der Waals surface area contributed by atoms with Gasteiger partial charge in [-0.25, -0.2) is 8.96 Å². The van der Waals surface area contributed by atoms with E-state index in [0.29, 0.717) is 11.1 Å². The molecule has 0 radical (unpaired) electrons. The van der Waals surface area contributed by atoms with Crippen LogP contribution in [0, 0.1) is 0 Å². The topological polar surface area (TPSA) is 133 Å². The fourth-order valence-corrected chi connectivity index (χ4v) is 4.86. The number of carbonyl (C=O) groups is 3. The molecular formula is C26H30FO11P. The van der Waals surface area contributed by atoms with Crippen LogP contribution in [-0.4, -0.2) is 55.3 Å². The molecule has 1 saturated heterocycles. The number of alkyl halides is 1. The molecule has 0 amide bonds. The molecule has 1 aliphatic heterocycles. The molecular weight excluding hydrogens is 538 g/mol. The van der Waals surface area contributed by atoms with Crippen molar-refractivity contribution in [2.24, 2.45) is 0 Å². The van der Waals surface area contributed by atoms with Crippen molar-refractivity contribution < 1.29 is 55.9 Å². The maximum atomic E-state index is 15.7. The van der Waals surface area contributed by atoms with Crippen LogP contribution in [0.4, 0.5) is 4.39 Å². The van der Waals surface area contributed by atoms with Crippen LogP contribution in [0.3, 0.4) is 0 Å². The molecule has 1 heterocycles. The van der Waals surface area contributed by atoms with E-state index in [9.17, 15) is 18.9 Å². The van der Waals surface area contributed by atoms with Crippen LogP contribution in [-0.2, 0) is 64.7 Å². The number of rotatable bonds is 12. The van der Waals surface area contributed by atoms with Crippen molar-refractivity contribution in [2.75, 3.05) is 6.61 Å². The maximum absolute atomic E-state index is 15.7. The first-order chi connectivity index (χ1) is 18.6. The van der Waals surface area contributed by atoms with Crippen molar-refractivity contribution in [1.82, 2.24) is 0 Å². The van der Waals surface area contributed by atoms with Gasteiger partial charge in [0.25, 0.3) is 0 Å². The number of esters is 3. The minimum absolute atomic E-state index is 0.211. The van der Waals surface area contributed by atoms with Crippen molar-refractivity contribution in [3.8, 4) is 0 Å². The molecule has 1 aliphatic rings. The fraction of sp³-hybridized carbons (Fsp3) is 0.423. The van der Waals surface area contributed by atoms with Gasteiger partial charge in [-0.15, -0.1) is 0 Å². The summed E-state index contributed by atoms with van der Waals surface area (Å²) in [6.07, 6.45) is -8.89. The van der Waals surface area contributed by atoms with Gasteiger partial charge in [0, 0.05) is 20.8 Å². The Morgan fingerprint density at radius 3 is 1.74 bits per heavy atom. The third kappa shape index (κ3) is 9.52. The Kier molecular flexibility index (Phi) is 11.1. The summed E-state index contributed by atoms with van der Waals surface area (Å²) in [6.45, 7) is 2.28. The van der Waals surface area contributed by atoms with Gasteiger partial charge in [-0.3, -0.25) is 28.0 Å². The quantitative estimate of drug-likeness (QED) is 0.209. The highest BCUT2D eigenvalue weighted by atomic mass is 31.2. The highest BCUT2D eigenvalue weighted by Crippen LogP contribution is 2.53. The summed E-state index contributed by atoms with van der Waals surface area (Å²) in [5, 5.41) is 0. The van der Waals surface area contributed by atoms with Gasteiger partial charge in [-0.2, -0.15) is 0 Å². The molecule has 0 spiro atoms. The van der Waals surface area contributed by atoms with E-state index in [2.05, 4.69) is 0 Å². The molecule has 39 heavy (non-hydrogen) atoms. The Morgan fingerprint density at radius 2 is 1.28 bits per heavy atom. The molecule has 0 aliphatic carbocycles. The van der Waals surface area contributed by atoms with Gasteiger partial charge in [0.15, 0.2) is 18.4 Å². The third-order valence-electron chi connectivity index (χ3n) is 5.33. The number of hydrogen-bond donors (Lipinski definition) is 0. The number of halogens is 1. The molecule has 13 heteroatoms. The van der Waals surface area contributed by atoms with Crippen molar-refractivity contribution in [3.05, 3.63) is 71.8 Å². The second-order valence-electron chi connectivity index (χ2n) is 8.51. The van der Waals surface area contributed by atoms with E-state index in [1.807, 2.05) is 0 Å². The van der Waals surface area contributed by atoms with Gasteiger partial charge in [0.1, 0.15) is 12.7 Å². The Bertz CT molecular complexity index is 1100. The molecule has 2 aromatic rings. The molecule has 11 nitrogen and oxygen atoms in total. The van der Waals surface area contributed by atoms with Gasteiger partial charge in [0.05, 0.1) is 13.2 Å². The molecule has 5 atom stereocenters. The van der Waals surface area contributed by atoms with Crippen LogP contribution < -0.4 is 0 Å². The lowest BCUT2D eigenvalue weighted by atomic mass is 9.99. The van der Waals surface area contributed by atoms with Crippen LogP contribution in [0.15, 0.2) is 60.7 Å². The van der Waals surface area contributed by atoms with Crippen LogP contribution >= 0.6 is 7.82 Å². The van der Waals surface area contributed by atoms with Gasteiger partial charge < -0.3 is 18.9 Å². The zero-order chi connectivity index (χ0) is 28.4. The van der Waals surface area contributed by atoms with Crippen molar-refractivity contribution >= 4 is 25.7 Å². The summed E-state index contributed by atoms with van der Waals surface area (Å²) in [6, 6.07) is 17.4. The smallest absolute Gasteiger partial charge is 0.463 e. The molecule has 212 valence electrons. The predicted octanol–water partition coefficient (Wildman–Crippen LogP) is 4.03. The standard InChI is InChI=1S/C26H30FO11P/c1-17(28)32-16-22-24(35-18(2)29)25(36-19(3)30)23(27)26(37-22)38-39(31,33-14-20-10-6-4-7-11-20)34-15-21-12-8-5-9-13-21/h4-13,22-26H,14-16H2,1-3H3/t22-,23+,24-,25-,26+/m1/s1. The summed E-state index contributed by atoms with van der Waals surface area (Å²) in [4.78, 5) is 34.9. The highest BCUT2D eigenvalue weighted by Gasteiger charge is 2.53. The molecule has 2 aromatic carbocycles. The van der Waals surface area contributed by atoms with Gasteiger partial charge >= 0.3 is 25.7 Å². The largest absolute Gasteiger partial charge is 0.477 e. The van der Waals surface area contributed by atoms with Crippen LogP contribution in [0.5, 0.6) is 0 Å². The minimum Gasteiger partial charge on any atom is -0.463 e. The van der Waals surface area contributed by atoms with E-state index in [1.165, 1.54) is 0 Å². The first kappa shape index (κ1) is 30.4. The number of ether oxygens (including phenoxy) is 4. The molecule has 0 saturated carbocycles. The zero-order valence-corrected chi connectivity index (χ0v) is 22.5. The van der Waals surface area contributed by atoms with E-state index in [-0.39, 0.29) is 13.2 Å². The lowest BCUT2D eigenvalue weighted by Crippen LogP contribution is -2.60. The molecule has 1 fully saturated rings. The SMILES string of the molecule is CC(=O)OC[C@H]1O[C@@H](OP(=O)(OCc2ccccc2)OCc2ccccc2)[C@@H](F)[C@@H](OC(C)=O)[C@@H]1OC(C)=O. The first-order valence-corrected chi connectivity index (χ1v) is 13.4. The Balaban J connectivity index is 1.87. The summed E-state index contributed by atoms with van der Waals surface area (Å²) in [7, 11) is -4.55. The number of phosphoric ester groups is 1. The Hall–Kier alpha value is -3.15. The average Bonchev–Trinajstić information content (AvgIpc) is 2.90. The minimum atomic E-state index is -4.55. The number of hydrogen-bond acceptors (Lipinski definition) is 11. The van der Waals surface area contributed by atoms with Crippen LogP contribution in [0.1, 0.15) is 31.9 Å². The van der Waals surface area contributed by atoms with Gasteiger partial charge in [-0.1, -0.05) is 60.7 Å². The summed E-state index contributed by atoms with van der Waals surface area (Å²) < 4.78 is 66.8. The fourth-order valence-electron chi connectivity index (χ4n) is 3.63. The van der Waals surface area contributed by atoms with Gasteiger partial charge in [-0.05, 0) is 11.1 Å². The number of benzene rings is 2. The predicted molar refractivity (Wildman–Crippen MR) is 132 cm³/mol. The molecule has 3 rings (SSSR count).